The lowest BCUT2D eigenvalue weighted by Gasteiger charge is -2.13. The summed E-state index contributed by atoms with van der Waals surface area (Å²) in [6, 6.07) is 7.17. The second-order valence-corrected chi connectivity index (χ2v) is 2.92. The number of rotatable bonds is 3. The first-order valence-electron chi connectivity index (χ1n) is 3.79. The highest BCUT2D eigenvalue weighted by Gasteiger charge is 1.99. The Kier molecular flexibility index (Phi) is 3.67. The van der Waals surface area contributed by atoms with Crippen molar-refractivity contribution in [2.75, 3.05) is 19.0 Å². The van der Waals surface area contributed by atoms with E-state index in [1.54, 1.807) is 12.1 Å². The summed E-state index contributed by atoms with van der Waals surface area (Å²) in [5, 5.41) is 2.64. The molecule has 1 aromatic carbocycles. The van der Waals surface area contributed by atoms with Crippen LogP contribution in [-0.2, 0) is 22.2 Å². The van der Waals surface area contributed by atoms with E-state index in [9.17, 15) is 4.79 Å². The second-order valence-electron chi connectivity index (χ2n) is 2.48. The van der Waals surface area contributed by atoms with Gasteiger partial charge in [-0.15, -0.1) is 0 Å². The highest BCUT2D eigenvalue weighted by molar-refractivity contribution is 7.59. The van der Waals surface area contributed by atoms with E-state index in [2.05, 4.69) is 10.1 Å². The molecule has 0 aliphatic heterocycles. The van der Waals surface area contributed by atoms with Crippen molar-refractivity contribution in [2.24, 2.45) is 0 Å². The first-order valence-corrected chi connectivity index (χ1v) is 4.19. The van der Waals surface area contributed by atoms with Crippen LogP contribution in [-0.4, -0.2) is 19.6 Å². The number of carbonyl (C=O) groups is 1. The van der Waals surface area contributed by atoms with Gasteiger partial charge < -0.3 is 22.7 Å². The lowest BCUT2D eigenvalue weighted by Crippen LogP contribution is -2.17. The number of hydrogen-bond donors (Lipinski definition) is 1. The maximum Gasteiger partial charge on any atom is 0.250 e. The topological polar surface area (TPSA) is 38.3 Å². The van der Waals surface area contributed by atoms with Crippen LogP contribution in [0.25, 0.3) is 0 Å². The molecule has 0 aromatic heterocycles. The fourth-order valence-corrected chi connectivity index (χ4v) is 1.08. The van der Waals surface area contributed by atoms with Crippen molar-refractivity contribution >= 4 is 24.2 Å². The van der Waals surface area contributed by atoms with Gasteiger partial charge in [-0.05, 0) is 6.07 Å². The molecule has 0 unspecified atom stereocenters. The molecule has 0 bridgehead atoms. The number of benzene rings is 1. The molecular weight excluding hydrogens is 186 g/mol. The molecule has 1 aromatic rings. The second kappa shape index (κ2) is 4.79. The van der Waals surface area contributed by atoms with Gasteiger partial charge in [0.1, 0.15) is 6.61 Å². The van der Waals surface area contributed by atoms with Crippen molar-refractivity contribution in [1.82, 2.24) is 0 Å². The van der Waals surface area contributed by atoms with Gasteiger partial charge >= 0.3 is 0 Å². The van der Waals surface area contributed by atoms with Crippen molar-refractivity contribution in [3.63, 3.8) is 0 Å². The van der Waals surface area contributed by atoms with E-state index < -0.39 is 0 Å². The van der Waals surface area contributed by atoms with E-state index in [1.165, 1.54) is 7.11 Å². The third-order valence-corrected chi connectivity index (χ3v) is 1.79. The largest absolute Gasteiger partial charge is 0.778 e. The van der Waals surface area contributed by atoms with Gasteiger partial charge in [-0.25, -0.2) is 0 Å². The van der Waals surface area contributed by atoms with Crippen LogP contribution >= 0.6 is 0 Å². The summed E-state index contributed by atoms with van der Waals surface area (Å²) in [7, 11) is 1.47. The first kappa shape index (κ1) is 9.95. The molecule has 0 aliphatic carbocycles. The zero-order chi connectivity index (χ0) is 9.68. The SMILES string of the molecule is COCC(=O)Nc1ccccc1[S-]. The third-order valence-electron chi connectivity index (χ3n) is 1.44. The molecule has 0 atom stereocenters. The highest BCUT2D eigenvalue weighted by atomic mass is 32.1. The van der Waals surface area contributed by atoms with E-state index in [0.29, 0.717) is 10.6 Å². The van der Waals surface area contributed by atoms with E-state index >= 15 is 0 Å². The molecule has 1 rings (SSSR count). The average molecular weight is 196 g/mol. The summed E-state index contributed by atoms with van der Waals surface area (Å²) < 4.78 is 4.67. The van der Waals surface area contributed by atoms with Crippen molar-refractivity contribution < 1.29 is 9.53 Å². The number of amides is 1. The molecule has 0 spiro atoms. The molecule has 1 N–H and O–H groups in total. The Morgan fingerprint density at radius 2 is 2.23 bits per heavy atom. The number of nitrogens with one attached hydrogen (secondary N) is 1. The average Bonchev–Trinajstić information content (AvgIpc) is 2.09. The quantitative estimate of drug-likeness (QED) is 0.738. The zero-order valence-corrected chi connectivity index (χ0v) is 8.06. The number of para-hydroxylation sites is 1. The van der Waals surface area contributed by atoms with Crippen molar-refractivity contribution in [3.05, 3.63) is 24.3 Å². The van der Waals surface area contributed by atoms with Gasteiger partial charge in [-0.1, -0.05) is 18.2 Å². The van der Waals surface area contributed by atoms with Crippen molar-refractivity contribution in [3.8, 4) is 0 Å². The summed E-state index contributed by atoms with van der Waals surface area (Å²) >= 11 is 5.00. The molecule has 4 heteroatoms. The number of methoxy groups -OCH3 is 1. The Morgan fingerprint density at radius 3 is 2.85 bits per heavy atom. The minimum Gasteiger partial charge on any atom is -0.778 e. The number of anilines is 1. The van der Waals surface area contributed by atoms with Crippen LogP contribution in [0.1, 0.15) is 0 Å². The minimum absolute atomic E-state index is 0.0453. The van der Waals surface area contributed by atoms with Crippen molar-refractivity contribution in [1.29, 1.82) is 0 Å². The first-order chi connectivity index (χ1) is 6.24. The fraction of sp³-hybridized carbons (Fsp3) is 0.222. The van der Waals surface area contributed by atoms with Crippen LogP contribution in [0.5, 0.6) is 0 Å². The van der Waals surface area contributed by atoms with E-state index in [0.717, 1.165) is 0 Å². The van der Waals surface area contributed by atoms with Gasteiger partial charge in [0.25, 0.3) is 0 Å². The molecule has 0 radical (unpaired) electrons. The monoisotopic (exact) mass is 196 g/mol. The van der Waals surface area contributed by atoms with Crippen LogP contribution in [0.4, 0.5) is 5.69 Å². The smallest absolute Gasteiger partial charge is 0.250 e. The van der Waals surface area contributed by atoms with Gasteiger partial charge in [-0.2, -0.15) is 4.90 Å². The molecule has 3 nitrogen and oxygen atoms in total. The molecule has 0 heterocycles. The lowest BCUT2D eigenvalue weighted by atomic mass is 10.3. The normalized spacial score (nSPS) is 9.62. The molecule has 1 amide bonds. The summed E-state index contributed by atoms with van der Waals surface area (Å²) in [5.74, 6) is -0.195. The Bertz CT molecular complexity index is 301. The van der Waals surface area contributed by atoms with Crippen LogP contribution in [0.15, 0.2) is 29.2 Å². The van der Waals surface area contributed by atoms with Crippen LogP contribution in [0.3, 0.4) is 0 Å². The van der Waals surface area contributed by atoms with Gasteiger partial charge in [0.05, 0.1) is 0 Å². The fourth-order valence-electron chi connectivity index (χ4n) is 0.887. The van der Waals surface area contributed by atoms with Crippen LogP contribution in [0.2, 0.25) is 0 Å². The van der Waals surface area contributed by atoms with Crippen LogP contribution < -0.4 is 5.32 Å². The van der Waals surface area contributed by atoms with Gasteiger partial charge in [-0.3, -0.25) is 4.79 Å². The molecule has 0 saturated carbocycles. The molecular formula is C9H10NO2S-. The summed E-state index contributed by atoms with van der Waals surface area (Å²) in [4.78, 5) is 11.7. The predicted octanol–water partition coefficient (Wildman–Crippen LogP) is 1.18. The lowest BCUT2D eigenvalue weighted by molar-refractivity contribution is -0.119. The number of carbonyl (C=O) groups excluding carboxylic acids is 1. The molecule has 70 valence electrons. The number of ether oxygens (including phenoxy) is 1. The molecule has 0 fully saturated rings. The number of hydrogen-bond acceptors (Lipinski definition) is 3. The summed E-state index contributed by atoms with van der Waals surface area (Å²) in [5.41, 5.74) is 0.652. The molecule has 13 heavy (non-hydrogen) atoms. The standard InChI is InChI=1S/C9H11NO2S/c1-12-6-9(11)10-7-4-2-3-5-8(7)13/h2-5,13H,6H2,1H3,(H,10,11)/p-1. The van der Waals surface area contributed by atoms with Crippen LogP contribution in [0, 0.1) is 0 Å². The Labute approximate surface area is 82.5 Å². The predicted molar refractivity (Wildman–Crippen MR) is 52.6 cm³/mol. The highest BCUT2D eigenvalue weighted by Crippen LogP contribution is 2.13. The van der Waals surface area contributed by atoms with Gasteiger partial charge in [0.2, 0.25) is 5.91 Å². The van der Waals surface area contributed by atoms with Gasteiger partial charge in [0, 0.05) is 12.8 Å². The van der Waals surface area contributed by atoms with Crippen molar-refractivity contribution in [2.45, 2.75) is 4.90 Å². The maximum absolute atomic E-state index is 11.1. The van der Waals surface area contributed by atoms with E-state index in [-0.39, 0.29) is 12.5 Å². The van der Waals surface area contributed by atoms with Gasteiger partial charge in [0.15, 0.2) is 0 Å². The Morgan fingerprint density at radius 1 is 1.54 bits per heavy atom. The van der Waals surface area contributed by atoms with E-state index in [1.807, 2.05) is 12.1 Å². The molecule has 0 aliphatic rings. The Hall–Kier alpha value is -1.13. The zero-order valence-electron chi connectivity index (χ0n) is 7.24. The minimum atomic E-state index is -0.195. The third kappa shape index (κ3) is 3.01. The summed E-state index contributed by atoms with van der Waals surface area (Å²) in [6.07, 6.45) is 0. The Balaban J connectivity index is 2.63. The maximum atomic E-state index is 11.1. The molecule has 0 saturated heterocycles. The summed E-state index contributed by atoms with van der Waals surface area (Å²) in [6.45, 7) is 0.0453. The van der Waals surface area contributed by atoms with E-state index in [4.69, 9.17) is 12.6 Å².